The zero-order valence-electron chi connectivity index (χ0n) is 12.8. The van der Waals surface area contributed by atoms with Gasteiger partial charge in [-0.3, -0.25) is 4.79 Å². The van der Waals surface area contributed by atoms with Crippen LogP contribution < -0.4 is 4.74 Å². The molecule has 1 aromatic carbocycles. The molecule has 0 aliphatic rings. The number of benzene rings is 1. The van der Waals surface area contributed by atoms with Crippen molar-refractivity contribution in [1.82, 2.24) is 4.90 Å². The molecule has 0 fully saturated rings. The van der Waals surface area contributed by atoms with E-state index >= 15 is 0 Å². The van der Waals surface area contributed by atoms with E-state index in [1.54, 1.807) is 25.3 Å². The van der Waals surface area contributed by atoms with Gasteiger partial charge in [-0.25, -0.2) is 0 Å². The van der Waals surface area contributed by atoms with Crippen LogP contribution in [0.2, 0.25) is 4.34 Å². The molecule has 1 amide bonds. The van der Waals surface area contributed by atoms with Crippen molar-refractivity contribution in [3.63, 3.8) is 0 Å². The van der Waals surface area contributed by atoms with E-state index in [0.29, 0.717) is 13.0 Å². The van der Waals surface area contributed by atoms with Gasteiger partial charge in [-0.05, 0) is 24.3 Å². The van der Waals surface area contributed by atoms with Gasteiger partial charge in [0, 0.05) is 28.9 Å². The van der Waals surface area contributed by atoms with Crippen molar-refractivity contribution in [3.8, 4) is 5.75 Å². The minimum absolute atomic E-state index is 0.0352. The highest BCUT2D eigenvalue weighted by molar-refractivity contribution is 7.16. The summed E-state index contributed by atoms with van der Waals surface area (Å²) in [5.41, 5.74) is 1.60. The lowest BCUT2D eigenvalue weighted by Crippen LogP contribution is -2.27. The second-order valence-electron chi connectivity index (χ2n) is 5.26. The molecule has 0 atom stereocenters. The van der Waals surface area contributed by atoms with Gasteiger partial charge in [0.2, 0.25) is 5.91 Å². The standard InChI is InChI=1S/C17H16ClNO3S/c1-19(9-13-4-6-16(18)23-13)17(20)7-11-10-22-15-8-12(21-2)3-5-14(11)15/h3-6,8,10H,7,9H2,1-2H3. The Kier molecular flexibility index (Phi) is 4.59. The van der Waals surface area contributed by atoms with Gasteiger partial charge in [-0.2, -0.15) is 0 Å². The Labute approximate surface area is 143 Å². The maximum atomic E-state index is 12.4. The van der Waals surface area contributed by atoms with Gasteiger partial charge < -0.3 is 14.1 Å². The molecule has 0 spiro atoms. The van der Waals surface area contributed by atoms with Gasteiger partial charge in [-0.1, -0.05) is 11.6 Å². The number of rotatable bonds is 5. The molecule has 0 saturated heterocycles. The lowest BCUT2D eigenvalue weighted by molar-refractivity contribution is -0.129. The van der Waals surface area contributed by atoms with Crippen LogP contribution in [0.25, 0.3) is 11.0 Å². The summed E-state index contributed by atoms with van der Waals surface area (Å²) in [7, 11) is 3.40. The largest absolute Gasteiger partial charge is 0.497 e. The van der Waals surface area contributed by atoms with Gasteiger partial charge in [0.25, 0.3) is 0 Å². The summed E-state index contributed by atoms with van der Waals surface area (Å²) in [6.07, 6.45) is 1.94. The smallest absolute Gasteiger partial charge is 0.227 e. The minimum Gasteiger partial charge on any atom is -0.497 e. The lowest BCUT2D eigenvalue weighted by Gasteiger charge is -2.15. The number of methoxy groups -OCH3 is 1. The van der Waals surface area contributed by atoms with Gasteiger partial charge in [0.15, 0.2) is 0 Å². The highest BCUT2D eigenvalue weighted by atomic mass is 35.5. The van der Waals surface area contributed by atoms with Crippen LogP contribution in [0.3, 0.4) is 0 Å². The normalized spacial score (nSPS) is 10.9. The van der Waals surface area contributed by atoms with Crippen LogP contribution in [0.1, 0.15) is 10.4 Å². The van der Waals surface area contributed by atoms with Crippen LogP contribution >= 0.6 is 22.9 Å². The van der Waals surface area contributed by atoms with Gasteiger partial charge in [0.1, 0.15) is 11.3 Å². The molecule has 2 heterocycles. The number of carbonyl (C=O) groups excluding carboxylic acids is 1. The van der Waals surface area contributed by atoms with E-state index in [1.165, 1.54) is 11.3 Å². The number of fused-ring (bicyclic) bond motifs is 1. The quantitative estimate of drug-likeness (QED) is 0.687. The molecular weight excluding hydrogens is 334 g/mol. The molecule has 0 saturated carbocycles. The number of thiophene rings is 1. The summed E-state index contributed by atoms with van der Waals surface area (Å²) in [6, 6.07) is 9.39. The Morgan fingerprint density at radius 3 is 2.87 bits per heavy atom. The van der Waals surface area contributed by atoms with E-state index in [9.17, 15) is 4.79 Å². The summed E-state index contributed by atoms with van der Waals surface area (Å²) in [5, 5.41) is 0.937. The third-order valence-corrected chi connectivity index (χ3v) is 4.87. The number of hydrogen-bond acceptors (Lipinski definition) is 4. The summed E-state index contributed by atoms with van der Waals surface area (Å²) in [4.78, 5) is 15.2. The van der Waals surface area contributed by atoms with Gasteiger partial charge >= 0.3 is 0 Å². The van der Waals surface area contributed by atoms with E-state index in [-0.39, 0.29) is 5.91 Å². The summed E-state index contributed by atoms with van der Waals surface area (Å²) in [5.74, 6) is 0.768. The predicted molar refractivity (Wildman–Crippen MR) is 92.3 cm³/mol. The number of halogens is 1. The van der Waals surface area contributed by atoms with Crippen LogP contribution in [0.4, 0.5) is 0 Å². The molecule has 0 aliphatic carbocycles. The minimum atomic E-state index is 0.0352. The molecule has 0 aliphatic heterocycles. The third kappa shape index (κ3) is 3.51. The maximum absolute atomic E-state index is 12.4. The van der Waals surface area contributed by atoms with E-state index < -0.39 is 0 Å². The SMILES string of the molecule is COc1ccc2c(CC(=O)N(C)Cc3ccc(Cl)s3)coc2c1. The summed E-state index contributed by atoms with van der Waals surface area (Å²) < 4.78 is 11.4. The summed E-state index contributed by atoms with van der Waals surface area (Å²) in [6.45, 7) is 0.555. The van der Waals surface area contributed by atoms with Gasteiger partial charge in [0.05, 0.1) is 30.7 Å². The maximum Gasteiger partial charge on any atom is 0.227 e. The van der Waals surface area contributed by atoms with Crippen LogP contribution in [0, 0.1) is 0 Å². The van der Waals surface area contributed by atoms with Crippen LogP contribution in [0.15, 0.2) is 41.0 Å². The zero-order chi connectivity index (χ0) is 16.4. The highest BCUT2D eigenvalue weighted by Gasteiger charge is 2.15. The Hall–Kier alpha value is -1.98. The Balaban J connectivity index is 1.72. The van der Waals surface area contributed by atoms with Crippen molar-refractivity contribution in [1.29, 1.82) is 0 Å². The first-order chi connectivity index (χ1) is 11.1. The zero-order valence-corrected chi connectivity index (χ0v) is 14.4. The van der Waals surface area contributed by atoms with Crippen LogP contribution in [-0.2, 0) is 17.8 Å². The molecule has 23 heavy (non-hydrogen) atoms. The van der Waals surface area contributed by atoms with Crippen molar-refractivity contribution >= 4 is 39.8 Å². The van der Waals surface area contributed by atoms with Crippen molar-refractivity contribution < 1.29 is 13.9 Å². The number of nitrogens with zero attached hydrogens (tertiary/aromatic N) is 1. The molecular formula is C17H16ClNO3S. The molecule has 3 aromatic rings. The second kappa shape index (κ2) is 6.64. The fourth-order valence-corrected chi connectivity index (χ4v) is 3.53. The molecule has 6 heteroatoms. The average Bonchev–Trinajstić information content (AvgIpc) is 3.13. The van der Waals surface area contributed by atoms with Crippen molar-refractivity contribution in [2.24, 2.45) is 0 Å². The fraction of sp³-hybridized carbons (Fsp3) is 0.235. The number of hydrogen-bond donors (Lipinski definition) is 0. The topological polar surface area (TPSA) is 42.7 Å². The number of carbonyl (C=O) groups is 1. The molecule has 3 rings (SSSR count). The molecule has 120 valence electrons. The summed E-state index contributed by atoms with van der Waals surface area (Å²) >= 11 is 7.41. The third-order valence-electron chi connectivity index (χ3n) is 3.65. The first kappa shape index (κ1) is 15.9. The van der Waals surface area contributed by atoms with E-state index in [4.69, 9.17) is 20.8 Å². The first-order valence-electron chi connectivity index (χ1n) is 7.09. The van der Waals surface area contributed by atoms with E-state index in [1.807, 2.05) is 30.3 Å². The van der Waals surface area contributed by atoms with Crippen molar-refractivity contribution in [2.75, 3.05) is 14.2 Å². The van der Waals surface area contributed by atoms with Crippen LogP contribution in [0.5, 0.6) is 5.75 Å². The van der Waals surface area contributed by atoms with Crippen molar-refractivity contribution in [3.05, 3.63) is 51.4 Å². The highest BCUT2D eigenvalue weighted by Crippen LogP contribution is 2.27. The average molecular weight is 350 g/mol. The molecule has 2 aromatic heterocycles. The molecule has 4 nitrogen and oxygen atoms in total. The lowest BCUT2D eigenvalue weighted by atomic mass is 10.1. The van der Waals surface area contributed by atoms with E-state index in [0.717, 1.165) is 31.5 Å². The second-order valence-corrected chi connectivity index (χ2v) is 7.06. The molecule has 0 unspecified atom stereocenters. The molecule has 0 bridgehead atoms. The van der Waals surface area contributed by atoms with E-state index in [2.05, 4.69) is 0 Å². The number of furan rings is 1. The molecule has 0 radical (unpaired) electrons. The Morgan fingerprint density at radius 1 is 1.35 bits per heavy atom. The monoisotopic (exact) mass is 349 g/mol. The fourth-order valence-electron chi connectivity index (χ4n) is 2.38. The first-order valence-corrected chi connectivity index (χ1v) is 8.28. The predicted octanol–water partition coefficient (Wildman–Crippen LogP) is 4.36. The molecule has 0 N–H and O–H groups in total. The van der Waals surface area contributed by atoms with Crippen molar-refractivity contribution in [2.45, 2.75) is 13.0 Å². The van der Waals surface area contributed by atoms with Gasteiger partial charge in [-0.15, -0.1) is 11.3 Å². The number of ether oxygens (including phenoxy) is 1. The number of likely N-dealkylation sites (N-methyl/N-ethyl adjacent to an activating group) is 1. The van der Waals surface area contributed by atoms with Crippen LogP contribution in [-0.4, -0.2) is 25.0 Å². The number of amides is 1. The Morgan fingerprint density at radius 2 is 2.17 bits per heavy atom. The Bertz CT molecular complexity index is 839.